The summed E-state index contributed by atoms with van der Waals surface area (Å²) < 4.78 is 13.8. The van der Waals surface area contributed by atoms with Crippen LogP contribution in [0.3, 0.4) is 0 Å². The van der Waals surface area contributed by atoms with E-state index in [1.165, 1.54) is 19.0 Å². The molecule has 0 radical (unpaired) electrons. The molecule has 1 fully saturated rings. The summed E-state index contributed by atoms with van der Waals surface area (Å²) in [5.74, 6) is 0.980. The molecule has 0 spiro atoms. The Balaban J connectivity index is 2.01. The van der Waals surface area contributed by atoms with Gasteiger partial charge in [-0.1, -0.05) is 38.5 Å². The Morgan fingerprint density at radius 2 is 2.32 bits per heavy atom. The summed E-state index contributed by atoms with van der Waals surface area (Å²) in [6.07, 6.45) is 7.14. The van der Waals surface area contributed by atoms with E-state index in [0.29, 0.717) is 16.2 Å². The van der Waals surface area contributed by atoms with E-state index in [9.17, 15) is 4.39 Å². The molecule has 106 valence electrons. The summed E-state index contributed by atoms with van der Waals surface area (Å²) >= 11 is 1.58. The van der Waals surface area contributed by atoms with Crippen LogP contribution >= 0.6 is 11.8 Å². The van der Waals surface area contributed by atoms with Crippen molar-refractivity contribution in [1.82, 2.24) is 9.97 Å². The minimum absolute atomic E-state index is 0.301. The number of rotatable bonds is 5. The average molecular weight is 283 g/mol. The van der Waals surface area contributed by atoms with Crippen molar-refractivity contribution >= 4 is 17.7 Å². The van der Waals surface area contributed by atoms with E-state index in [4.69, 9.17) is 0 Å². The third kappa shape index (κ3) is 4.34. The van der Waals surface area contributed by atoms with Crippen LogP contribution in [0.2, 0.25) is 0 Å². The first kappa shape index (κ1) is 14.6. The van der Waals surface area contributed by atoms with E-state index in [2.05, 4.69) is 29.1 Å². The zero-order valence-corrected chi connectivity index (χ0v) is 12.5. The van der Waals surface area contributed by atoms with Gasteiger partial charge in [0, 0.05) is 11.8 Å². The van der Waals surface area contributed by atoms with Crippen LogP contribution in [0.5, 0.6) is 0 Å². The topological polar surface area (TPSA) is 37.8 Å². The van der Waals surface area contributed by atoms with Crippen LogP contribution in [0.1, 0.15) is 46.0 Å². The maximum absolute atomic E-state index is 13.8. The van der Waals surface area contributed by atoms with Crippen molar-refractivity contribution in [2.45, 2.75) is 56.2 Å². The average Bonchev–Trinajstić information content (AvgIpc) is 2.40. The zero-order chi connectivity index (χ0) is 13.7. The molecule has 1 saturated carbocycles. The smallest absolute Gasteiger partial charge is 0.223 e. The van der Waals surface area contributed by atoms with E-state index in [-0.39, 0.29) is 5.82 Å². The fourth-order valence-electron chi connectivity index (χ4n) is 2.40. The number of hydrogen-bond acceptors (Lipinski definition) is 4. The number of hydrogen-bond donors (Lipinski definition) is 1. The summed E-state index contributed by atoms with van der Waals surface area (Å²) in [6.45, 7) is 5.17. The van der Waals surface area contributed by atoms with Crippen LogP contribution in [-0.4, -0.2) is 21.8 Å². The molecular formula is C14H22FN3S. The van der Waals surface area contributed by atoms with E-state index in [0.717, 1.165) is 31.7 Å². The van der Waals surface area contributed by atoms with Gasteiger partial charge in [0.05, 0.1) is 6.20 Å². The molecule has 2 rings (SSSR count). The summed E-state index contributed by atoms with van der Waals surface area (Å²) in [6, 6.07) is 0. The number of anilines is 1. The van der Waals surface area contributed by atoms with Gasteiger partial charge < -0.3 is 5.32 Å². The number of halogens is 1. The molecule has 1 N–H and O–H groups in total. The van der Waals surface area contributed by atoms with E-state index < -0.39 is 0 Å². The van der Waals surface area contributed by atoms with E-state index in [1.807, 2.05) is 0 Å². The number of nitrogens with one attached hydrogen (secondary N) is 1. The summed E-state index contributed by atoms with van der Waals surface area (Å²) in [4.78, 5) is 8.27. The third-order valence-electron chi connectivity index (χ3n) is 3.41. The van der Waals surface area contributed by atoms with Gasteiger partial charge in [0.15, 0.2) is 5.82 Å². The van der Waals surface area contributed by atoms with Crippen molar-refractivity contribution in [2.24, 2.45) is 5.92 Å². The molecule has 3 nitrogen and oxygen atoms in total. The molecule has 0 amide bonds. The van der Waals surface area contributed by atoms with E-state index >= 15 is 0 Å². The van der Waals surface area contributed by atoms with Gasteiger partial charge in [0.2, 0.25) is 5.95 Å². The second-order valence-electron chi connectivity index (χ2n) is 5.29. The quantitative estimate of drug-likeness (QED) is 0.825. The molecule has 1 aliphatic rings. The van der Waals surface area contributed by atoms with Crippen molar-refractivity contribution in [3.8, 4) is 0 Å². The summed E-state index contributed by atoms with van der Waals surface area (Å²) in [7, 11) is 0. The van der Waals surface area contributed by atoms with Gasteiger partial charge in [0.25, 0.3) is 0 Å². The van der Waals surface area contributed by atoms with Crippen molar-refractivity contribution in [2.75, 3.05) is 11.9 Å². The molecule has 19 heavy (non-hydrogen) atoms. The second kappa shape index (κ2) is 7.08. The Morgan fingerprint density at radius 1 is 1.47 bits per heavy atom. The van der Waals surface area contributed by atoms with Crippen LogP contribution in [-0.2, 0) is 0 Å². The first-order valence-electron chi connectivity index (χ1n) is 7.12. The largest absolute Gasteiger partial charge is 0.354 e. The van der Waals surface area contributed by atoms with Gasteiger partial charge in [-0.3, -0.25) is 0 Å². The Bertz CT molecular complexity index is 414. The molecular weight excluding hydrogens is 261 g/mol. The molecule has 0 aromatic carbocycles. The van der Waals surface area contributed by atoms with E-state index in [1.54, 1.807) is 11.8 Å². The molecule has 1 heterocycles. The minimum Gasteiger partial charge on any atom is -0.354 e. The highest BCUT2D eigenvalue weighted by Crippen LogP contribution is 2.36. The standard InChI is InChI=1S/C14H22FN3S/c1-3-7-16-14-17-9-12(15)13(18-14)19-11-6-4-5-10(2)8-11/h9-11H,3-8H2,1-2H3,(H,16,17,18). The van der Waals surface area contributed by atoms with Crippen LogP contribution in [0.25, 0.3) is 0 Å². The molecule has 1 aliphatic carbocycles. The fraction of sp³-hybridized carbons (Fsp3) is 0.714. The Morgan fingerprint density at radius 3 is 3.05 bits per heavy atom. The molecule has 2 unspecified atom stereocenters. The number of aromatic nitrogens is 2. The van der Waals surface area contributed by atoms with Crippen molar-refractivity contribution in [1.29, 1.82) is 0 Å². The Labute approximate surface area is 118 Å². The van der Waals surface area contributed by atoms with Crippen LogP contribution in [0.4, 0.5) is 10.3 Å². The monoisotopic (exact) mass is 283 g/mol. The summed E-state index contributed by atoms with van der Waals surface area (Å²) in [5, 5.41) is 4.09. The van der Waals surface area contributed by atoms with Gasteiger partial charge >= 0.3 is 0 Å². The molecule has 5 heteroatoms. The first-order valence-corrected chi connectivity index (χ1v) is 8.00. The molecule has 2 atom stereocenters. The summed E-state index contributed by atoms with van der Waals surface area (Å²) in [5.41, 5.74) is 0. The van der Waals surface area contributed by atoms with Crippen LogP contribution in [0, 0.1) is 11.7 Å². The van der Waals surface area contributed by atoms with Crippen molar-refractivity contribution in [3.05, 3.63) is 12.0 Å². The second-order valence-corrected chi connectivity index (χ2v) is 6.57. The predicted molar refractivity (Wildman–Crippen MR) is 78.0 cm³/mol. The fourth-order valence-corrected chi connectivity index (χ4v) is 3.73. The van der Waals surface area contributed by atoms with Crippen LogP contribution < -0.4 is 5.32 Å². The van der Waals surface area contributed by atoms with Crippen LogP contribution in [0.15, 0.2) is 11.2 Å². The molecule has 0 saturated heterocycles. The maximum atomic E-state index is 13.8. The predicted octanol–water partition coefficient (Wildman–Crippen LogP) is 4.11. The zero-order valence-electron chi connectivity index (χ0n) is 11.7. The lowest BCUT2D eigenvalue weighted by Gasteiger charge is -2.25. The lowest BCUT2D eigenvalue weighted by atomic mass is 9.91. The first-order chi connectivity index (χ1) is 9.19. The third-order valence-corrected chi connectivity index (χ3v) is 4.68. The lowest BCUT2D eigenvalue weighted by Crippen LogP contribution is -2.15. The number of thioether (sulfide) groups is 1. The van der Waals surface area contributed by atoms with Gasteiger partial charge in [0.1, 0.15) is 5.03 Å². The SMILES string of the molecule is CCCNc1ncc(F)c(SC2CCCC(C)C2)n1. The highest BCUT2D eigenvalue weighted by Gasteiger charge is 2.22. The Kier molecular flexibility index (Phi) is 5.43. The van der Waals surface area contributed by atoms with Gasteiger partial charge in [-0.25, -0.2) is 14.4 Å². The molecule has 0 bridgehead atoms. The highest BCUT2D eigenvalue weighted by atomic mass is 32.2. The minimum atomic E-state index is -0.301. The maximum Gasteiger partial charge on any atom is 0.223 e. The van der Waals surface area contributed by atoms with Gasteiger partial charge in [-0.15, -0.1) is 0 Å². The molecule has 1 aromatic heterocycles. The highest BCUT2D eigenvalue weighted by molar-refractivity contribution is 7.99. The van der Waals surface area contributed by atoms with Gasteiger partial charge in [-0.05, 0) is 25.2 Å². The van der Waals surface area contributed by atoms with Crippen molar-refractivity contribution < 1.29 is 4.39 Å². The normalized spacial score (nSPS) is 23.3. The van der Waals surface area contributed by atoms with Crippen molar-refractivity contribution in [3.63, 3.8) is 0 Å². The Hall–Kier alpha value is -0.840. The number of nitrogens with zero attached hydrogens (tertiary/aromatic N) is 2. The van der Waals surface area contributed by atoms with Gasteiger partial charge in [-0.2, -0.15) is 0 Å². The lowest BCUT2D eigenvalue weighted by molar-refractivity contribution is 0.393. The molecule has 1 aromatic rings. The molecule has 0 aliphatic heterocycles.